The molecule has 0 unspecified atom stereocenters. The summed E-state index contributed by atoms with van der Waals surface area (Å²) in [5, 5.41) is 8.32. The fourth-order valence-electron chi connectivity index (χ4n) is 2.00. The first-order chi connectivity index (χ1) is 9.74. The van der Waals surface area contributed by atoms with E-state index in [1.54, 1.807) is 12.5 Å². The Morgan fingerprint density at radius 1 is 1.35 bits per heavy atom. The van der Waals surface area contributed by atoms with Crippen LogP contribution in [-0.4, -0.2) is 19.3 Å². The minimum absolute atomic E-state index is 0.672. The molecule has 0 saturated carbocycles. The number of halogens is 1. The molecule has 102 valence electrons. The van der Waals surface area contributed by atoms with Gasteiger partial charge < -0.3 is 9.88 Å². The zero-order valence-corrected chi connectivity index (χ0v) is 11.7. The van der Waals surface area contributed by atoms with Gasteiger partial charge in [0.15, 0.2) is 0 Å². The van der Waals surface area contributed by atoms with E-state index in [9.17, 15) is 0 Å². The van der Waals surface area contributed by atoms with Crippen LogP contribution < -0.4 is 5.32 Å². The number of hydrogen-bond acceptors (Lipinski definition) is 3. The SMILES string of the molecule is Cn1cncc1CNc1cc(Cl)ccc1-n1cccn1. The Hall–Kier alpha value is -2.27. The van der Waals surface area contributed by atoms with Crippen molar-refractivity contribution < 1.29 is 0 Å². The number of benzene rings is 1. The van der Waals surface area contributed by atoms with Gasteiger partial charge in [-0.15, -0.1) is 0 Å². The molecule has 1 N–H and O–H groups in total. The minimum Gasteiger partial charge on any atom is -0.378 e. The van der Waals surface area contributed by atoms with E-state index in [-0.39, 0.29) is 0 Å². The molecule has 0 aliphatic carbocycles. The monoisotopic (exact) mass is 287 g/mol. The molecule has 20 heavy (non-hydrogen) atoms. The van der Waals surface area contributed by atoms with Crippen LogP contribution in [0.4, 0.5) is 5.69 Å². The number of aryl methyl sites for hydroxylation is 1. The lowest BCUT2D eigenvalue weighted by Gasteiger charge is -2.12. The fourth-order valence-corrected chi connectivity index (χ4v) is 2.17. The summed E-state index contributed by atoms with van der Waals surface area (Å²) in [4.78, 5) is 4.10. The zero-order chi connectivity index (χ0) is 13.9. The number of nitrogens with zero attached hydrogens (tertiary/aromatic N) is 4. The molecule has 3 rings (SSSR count). The van der Waals surface area contributed by atoms with E-state index < -0.39 is 0 Å². The predicted octanol–water partition coefficient (Wildman–Crippen LogP) is 2.87. The van der Waals surface area contributed by atoms with E-state index in [1.807, 2.05) is 53.0 Å². The standard InChI is InChI=1S/C14H14ClN5/c1-19-10-16-8-12(19)9-17-13-7-11(15)3-4-14(13)20-6-2-5-18-20/h2-8,10,17H,9H2,1H3. The van der Waals surface area contributed by atoms with Crippen LogP contribution in [0.25, 0.3) is 5.69 Å². The Labute approximate surface area is 121 Å². The minimum atomic E-state index is 0.672. The van der Waals surface area contributed by atoms with Crippen molar-refractivity contribution in [3.05, 3.63) is 59.9 Å². The Morgan fingerprint density at radius 3 is 2.95 bits per heavy atom. The van der Waals surface area contributed by atoms with E-state index in [4.69, 9.17) is 11.6 Å². The van der Waals surface area contributed by atoms with E-state index >= 15 is 0 Å². The number of nitrogens with one attached hydrogen (secondary N) is 1. The van der Waals surface area contributed by atoms with Crippen LogP contribution in [0.2, 0.25) is 5.02 Å². The first kappa shape index (κ1) is 12.7. The molecule has 2 heterocycles. The second kappa shape index (κ2) is 5.38. The van der Waals surface area contributed by atoms with Gasteiger partial charge in [0.05, 0.1) is 29.9 Å². The quantitative estimate of drug-likeness (QED) is 0.803. The first-order valence-electron chi connectivity index (χ1n) is 6.22. The van der Waals surface area contributed by atoms with Crippen LogP contribution in [0, 0.1) is 0 Å². The number of anilines is 1. The third kappa shape index (κ3) is 2.53. The van der Waals surface area contributed by atoms with Crippen molar-refractivity contribution in [1.29, 1.82) is 0 Å². The maximum Gasteiger partial charge on any atom is 0.0946 e. The van der Waals surface area contributed by atoms with Gasteiger partial charge in [-0.3, -0.25) is 0 Å². The maximum atomic E-state index is 6.08. The summed E-state index contributed by atoms with van der Waals surface area (Å²) in [7, 11) is 1.97. The summed E-state index contributed by atoms with van der Waals surface area (Å²) in [5.41, 5.74) is 2.99. The zero-order valence-electron chi connectivity index (χ0n) is 11.0. The van der Waals surface area contributed by atoms with Gasteiger partial charge >= 0.3 is 0 Å². The topological polar surface area (TPSA) is 47.7 Å². The predicted molar refractivity (Wildman–Crippen MR) is 79.1 cm³/mol. The van der Waals surface area contributed by atoms with Crippen LogP contribution in [0.3, 0.4) is 0 Å². The van der Waals surface area contributed by atoms with Crippen LogP contribution in [0.5, 0.6) is 0 Å². The lowest BCUT2D eigenvalue weighted by molar-refractivity contribution is 0.833. The lowest BCUT2D eigenvalue weighted by atomic mass is 10.2. The van der Waals surface area contributed by atoms with Crippen LogP contribution in [-0.2, 0) is 13.6 Å². The molecule has 5 nitrogen and oxygen atoms in total. The number of rotatable bonds is 4. The maximum absolute atomic E-state index is 6.08. The molecule has 0 saturated heterocycles. The molecule has 0 spiro atoms. The molecule has 0 aliphatic heterocycles. The van der Waals surface area contributed by atoms with Crippen LogP contribution >= 0.6 is 11.6 Å². The molecule has 1 aromatic carbocycles. The second-order valence-corrected chi connectivity index (χ2v) is 4.90. The van der Waals surface area contributed by atoms with E-state index in [0.29, 0.717) is 11.6 Å². The van der Waals surface area contributed by atoms with Crippen molar-refractivity contribution in [3.8, 4) is 5.69 Å². The van der Waals surface area contributed by atoms with Crippen molar-refractivity contribution in [2.75, 3.05) is 5.32 Å². The van der Waals surface area contributed by atoms with Crippen LogP contribution in [0.1, 0.15) is 5.69 Å². The highest BCUT2D eigenvalue weighted by atomic mass is 35.5. The third-order valence-corrected chi connectivity index (χ3v) is 3.32. The summed E-state index contributed by atoms with van der Waals surface area (Å²) in [6, 6.07) is 7.59. The number of hydrogen-bond donors (Lipinski definition) is 1. The molecule has 0 amide bonds. The molecule has 0 aliphatic rings. The van der Waals surface area contributed by atoms with Gasteiger partial charge in [-0.05, 0) is 24.3 Å². The average Bonchev–Trinajstić information content (AvgIpc) is 3.08. The lowest BCUT2D eigenvalue weighted by Crippen LogP contribution is -2.07. The molecule has 0 fully saturated rings. The average molecular weight is 288 g/mol. The Morgan fingerprint density at radius 2 is 2.25 bits per heavy atom. The highest BCUT2D eigenvalue weighted by Crippen LogP contribution is 2.24. The summed E-state index contributed by atoms with van der Waals surface area (Å²) >= 11 is 6.08. The molecule has 6 heteroatoms. The summed E-state index contributed by atoms with van der Waals surface area (Å²) in [6.45, 7) is 0.672. The van der Waals surface area contributed by atoms with Crippen molar-refractivity contribution in [1.82, 2.24) is 19.3 Å². The van der Waals surface area contributed by atoms with Gasteiger partial charge in [-0.1, -0.05) is 11.6 Å². The molecule has 0 bridgehead atoms. The summed E-state index contributed by atoms with van der Waals surface area (Å²) in [5.74, 6) is 0. The van der Waals surface area contributed by atoms with Crippen molar-refractivity contribution >= 4 is 17.3 Å². The fraction of sp³-hybridized carbons (Fsp3) is 0.143. The largest absolute Gasteiger partial charge is 0.378 e. The van der Waals surface area contributed by atoms with Crippen molar-refractivity contribution in [2.24, 2.45) is 7.05 Å². The summed E-state index contributed by atoms with van der Waals surface area (Å²) in [6.07, 6.45) is 7.27. The molecular weight excluding hydrogens is 274 g/mol. The molecule has 2 aromatic heterocycles. The smallest absolute Gasteiger partial charge is 0.0946 e. The highest BCUT2D eigenvalue weighted by molar-refractivity contribution is 6.31. The Bertz CT molecular complexity index is 702. The van der Waals surface area contributed by atoms with Gasteiger partial charge in [-0.25, -0.2) is 9.67 Å². The Balaban J connectivity index is 1.88. The second-order valence-electron chi connectivity index (χ2n) is 4.46. The normalized spacial score (nSPS) is 10.7. The molecule has 0 atom stereocenters. The molecule has 3 aromatic rings. The summed E-state index contributed by atoms with van der Waals surface area (Å²) < 4.78 is 3.78. The van der Waals surface area contributed by atoms with Crippen LogP contribution in [0.15, 0.2) is 49.2 Å². The molecule has 0 radical (unpaired) electrons. The van der Waals surface area contributed by atoms with E-state index in [2.05, 4.69) is 15.4 Å². The Kier molecular flexibility index (Phi) is 3.43. The first-order valence-corrected chi connectivity index (χ1v) is 6.60. The molecular formula is C14H14ClN5. The number of aromatic nitrogens is 4. The highest BCUT2D eigenvalue weighted by Gasteiger charge is 2.07. The van der Waals surface area contributed by atoms with Crippen molar-refractivity contribution in [3.63, 3.8) is 0 Å². The van der Waals surface area contributed by atoms with Gasteiger partial charge in [0.2, 0.25) is 0 Å². The van der Waals surface area contributed by atoms with Crippen molar-refractivity contribution in [2.45, 2.75) is 6.54 Å². The van der Waals surface area contributed by atoms with E-state index in [1.165, 1.54) is 0 Å². The van der Waals surface area contributed by atoms with Gasteiger partial charge in [0.25, 0.3) is 0 Å². The van der Waals surface area contributed by atoms with Gasteiger partial charge in [0, 0.05) is 30.7 Å². The van der Waals surface area contributed by atoms with E-state index in [0.717, 1.165) is 17.1 Å². The van der Waals surface area contributed by atoms with Gasteiger partial charge in [-0.2, -0.15) is 5.10 Å². The van der Waals surface area contributed by atoms with Gasteiger partial charge in [0.1, 0.15) is 0 Å². The number of imidazole rings is 1. The third-order valence-electron chi connectivity index (χ3n) is 3.09.